The van der Waals surface area contributed by atoms with E-state index in [1.807, 2.05) is 18.3 Å². The Balaban J connectivity index is 1.56. The van der Waals surface area contributed by atoms with E-state index in [1.54, 1.807) is 0 Å². The average Bonchev–Trinajstić information content (AvgIpc) is 2.56. The number of pyridine rings is 1. The first-order valence-corrected chi connectivity index (χ1v) is 8.09. The van der Waals surface area contributed by atoms with Gasteiger partial charge < -0.3 is 9.64 Å². The van der Waals surface area contributed by atoms with E-state index in [4.69, 9.17) is 4.74 Å². The van der Waals surface area contributed by atoms with Gasteiger partial charge in [0.1, 0.15) is 0 Å². The van der Waals surface area contributed by atoms with Crippen LogP contribution in [0.25, 0.3) is 0 Å². The van der Waals surface area contributed by atoms with Crippen LogP contribution >= 0.6 is 0 Å². The second-order valence-corrected chi connectivity index (χ2v) is 6.20. The molecule has 0 unspecified atom stereocenters. The highest BCUT2D eigenvalue weighted by atomic mass is 16.5. The maximum atomic E-state index is 12.6. The summed E-state index contributed by atoms with van der Waals surface area (Å²) in [6.45, 7) is 3.30. The van der Waals surface area contributed by atoms with Gasteiger partial charge in [0.25, 0.3) is 0 Å². The first-order valence-electron chi connectivity index (χ1n) is 8.09. The Bertz CT molecular complexity index is 457. The van der Waals surface area contributed by atoms with Gasteiger partial charge >= 0.3 is 0 Å². The molecule has 1 aromatic rings. The second-order valence-electron chi connectivity index (χ2n) is 6.20. The second kappa shape index (κ2) is 7.03. The SMILES string of the molecule is O=C(C1CCOCC1)N1CCC[C@H](Cc2ccccn2)C1. The van der Waals surface area contributed by atoms with Crippen molar-refractivity contribution < 1.29 is 9.53 Å². The lowest BCUT2D eigenvalue weighted by atomic mass is 9.91. The average molecular weight is 288 g/mol. The number of carbonyl (C=O) groups excluding carboxylic acids is 1. The minimum atomic E-state index is 0.187. The highest BCUT2D eigenvalue weighted by Gasteiger charge is 2.30. The number of piperidine rings is 1. The first-order chi connectivity index (χ1) is 10.3. The van der Waals surface area contributed by atoms with Crippen LogP contribution in [0.4, 0.5) is 0 Å². The van der Waals surface area contributed by atoms with Crippen molar-refractivity contribution in [1.82, 2.24) is 9.88 Å². The largest absolute Gasteiger partial charge is 0.381 e. The van der Waals surface area contributed by atoms with Crippen molar-refractivity contribution in [2.24, 2.45) is 11.8 Å². The topological polar surface area (TPSA) is 42.4 Å². The van der Waals surface area contributed by atoms with Gasteiger partial charge in [0.2, 0.25) is 5.91 Å². The summed E-state index contributed by atoms with van der Waals surface area (Å²) in [5.74, 6) is 1.09. The van der Waals surface area contributed by atoms with Crippen molar-refractivity contribution >= 4 is 5.91 Å². The Morgan fingerprint density at radius 2 is 2.14 bits per heavy atom. The molecule has 0 aliphatic carbocycles. The fourth-order valence-corrected chi connectivity index (χ4v) is 3.45. The van der Waals surface area contributed by atoms with Gasteiger partial charge in [-0.2, -0.15) is 0 Å². The lowest BCUT2D eigenvalue weighted by Crippen LogP contribution is -2.44. The Morgan fingerprint density at radius 3 is 2.90 bits per heavy atom. The molecule has 0 N–H and O–H groups in total. The predicted molar refractivity (Wildman–Crippen MR) is 80.8 cm³/mol. The van der Waals surface area contributed by atoms with Crippen LogP contribution < -0.4 is 0 Å². The molecule has 0 aromatic carbocycles. The molecule has 114 valence electrons. The van der Waals surface area contributed by atoms with Crippen LogP contribution in [0.1, 0.15) is 31.4 Å². The number of hydrogen-bond acceptors (Lipinski definition) is 3. The quantitative estimate of drug-likeness (QED) is 0.857. The summed E-state index contributed by atoms with van der Waals surface area (Å²) in [5, 5.41) is 0. The molecule has 1 aromatic heterocycles. The Kier molecular flexibility index (Phi) is 4.86. The highest BCUT2D eigenvalue weighted by Crippen LogP contribution is 2.24. The van der Waals surface area contributed by atoms with Crippen molar-refractivity contribution in [2.75, 3.05) is 26.3 Å². The number of hydrogen-bond donors (Lipinski definition) is 0. The van der Waals surface area contributed by atoms with E-state index in [-0.39, 0.29) is 5.92 Å². The van der Waals surface area contributed by atoms with Crippen LogP contribution in [0.15, 0.2) is 24.4 Å². The van der Waals surface area contributed by atoms with E-state index in [9.17, 15) is 4.79 Å². The molecule has 0 saturated carbocycles. The van der Waals surface area contributed by atoms with Crippen LogP contribution in [0, 0.1) is 11.8 Å². The van der Waals surface area contributed by atoms with Crippen molar-refractivity contribution in [3.8, 4) is 0 Å². The predicted octanol–water partition coefficient (Wildman–Crippen LogP) is 2.29. The zero-order valence-electron chi connectivity index (χ0n) is 12.5. The molecular formula is C17H24N2O2. The van der Waals surface area contributed by atoms with Crippen molar-refractivity contribution in [2.45, 2.75) is 32.1 Å². The van der Waals surface area contributed by atoms with Crippen LogP contribution in [0.5, 0.6) is 0 Å². The summed E-state index contributed by atoms with van der Waals surface area (Å²) >= 11 is 0. The summed E-state index contributed by atoms with van der Waals surface area (Å²) in [7, 11) is 0. The van der Waals surface area contributed by atoms with Gasteiger partial charge in [0.15, 0.2) is 0 Å². The van der Waals surface area contributed by atoms with Gasteiger partial charge in [0.05, 0.1) is 0 Å². The van der Waals surface area contributed by atoms with E-state index in [2.05, 4.69) is 16.0 Å². The normalized spacial score (nSPS) is 24.0. The van der Waals surface area contributed by atoms with Crippen molar-refractivity contribution in [3.05, 3.63) is 30.1 Å². The minimum absolute atomic E-state index is 0.187. The lowest BCUT2D eigenvalue weighted by Gasteiger charge is -2.35. The van der Waals surface area contributed by atoms with Crippen LogP contribution in [0.2, 0.25) is 0 Å². The van der Waals surface area contributed by atoms with E-state index >= 15 is 0 Å². The van der Waals surface area contributed by atoms with Gasteiger partial charge in [0, 0.05) is 44.1 Å². The number of likely N-dealkylation sites (tertiary alicyclic amines) is 1. The third kappa shape index (κ3) is 3.82. The minimum Gasteiger partial charge on any atom is -0.381 e. The molecule has 2 aliphatic heterocycles. The van der Waals surface area contributed by atoms with Gasteiger partial charge in [-0.25, -0.2) is 0 Å². The molecule has 2 fully saturated rings. The zero-order valence-corrected chi connectivity index (χ0v) is 12.5. The molecule has 4 heteroatoms. The molecule has 0 spiro atoms. The highest BCUT2D eigenvalue weighted by molar-refractivity contribution is 5.79. The fraction of sp³-hybridized carbons (Fsp3) is 0.647. The molecule has 0 radical (unpaired) electrons. The first kappa shape index (κ1) is 14.5. The van der Waals surface area contributed by atoms with Crippen LogP contribution in [-0.2, 0) is 16.0 Å². The number of carbonyl (C=O) groups is 1. The molecule has 2 aliphatic rings. The smallest absolute Gasteiger partial charge is 0.225 e. The summed E-state index contributed by atoms with van der Waals surface area (Å²) in [4.78, 5) is 19.1. The Morgan fingerprint density at radius 1 is 1.29 bits per heavy atom. The van der Waals surface area contributed by atoms with E-state index in [0.29, 0.717) is 11.8 Å². The maximum absolute atomic E-state index is 12.6. The summed E-state index contributed by atoms with van der Waals surface area (Å²) in [5.41, 5.74) is 1.14. The maximum Gasteiger partial charge on any atom is 0.225 e. The zero-order chi connectivity index (χ0) is 14.5. The van der Waals surface area contributed by atoms with Crippen molar-refractivity contribution in [3.63, 3.8) is 0 Å². The van der Waals surface area contributed by atoms with Gasteiger partial charge in [-0.15, -0.1) is 0 Å². The number of aromatic nitrogens is 1. The Hall–Kier alpha value is -1.42. The molecule has 3 heterocycles. The van der Waals surface area contributed by atoms with E-state index in [1.165, 1.54) is 6.42 Å². The monoisotopic (exact) mass is 288 g/mol. The van der Waals surface area contributed by atoms with Gasteiger partial charge in [-0.1, -0.05) is 6.07 Å². The van der Waals surface area contributed by atoms with Crippen molar-refractivity contribution in [1.29, 1.82) is 0 Å². The van der Waals surface area contributed by atoms with Crippen LogP contribution in [-0.4, -0.2) is 42.1 Å². The summed E-state index contributed by atoms with van der Waals surface area (Å²) in [6.07, 6.45) is 6.93. The number of amides is 1. The lowest BCUT2D eigenvalue weighted by molar-refractivity contribution is -0.140. The van der Waals surface area contributed by atoms with Crippen LogP contribution in [0.3, 0.4) is 0 Å². The molecule has 0 bridgehead atoms. The molecule has 21 heavy (non-hydrogen) atoms. The van der Waals surface area contributed by atoms with Gasteiger partial charge in [-0.3, -0.25) is 9.78 Å². The number of rotatable bonds is 3. The summed E-state index contributed by atoms with van der Waals surface area (Å²) < 4.78 is 5.36. The molecule has 4 nitrogen and oxygen atoms in total. The standard InChI is InChI=1S/C17H24N2O2/c20-17(15-6-10-21-11-7-15)19-9-3-4-14(13-19)12-16-5-1-2-8-18-16/h1-2,5,8,14-15H,3-4,6-7,9-13H2/t14-/m1/s1. The number of ether oxygens (including phenoxy) is 1. The molecular weight excluding hydrogens is 264 g/mol. The third-order valence-corrected chi connectivity index (χ3v) is 4.63. The van der Waals surface area contributed by atoms with E-state index in [0.717, 1.165) is 57.7 Å². The molecule has 2 saturated heterocycles. The fourth-order valence-electron chi connectivity index (χ4n) is 3.45. The molecule has 3 rings (SSSR count). The molecule has 1 atom stereocenters. The van der Waals surface area contributed by atoms with E-state index < -0.39 is 0 Å². The Labute approximate surface area is 126 Å². The summed E-state index contributed by atoms with van der Waals surface area (Å²) in [6, 6.07) is 6.07. The number of nitrogens with zero attached hydrogens (tertiary/aromatic N) is 2. The van der Waals surface area contributed by atoms with Gasteiger partial charge in [-0.05, 0) is 50.2 Å². The third-order valence-electron chi connectivity index (χ3n) is 4.63. The molecule has 1 amide bonds.